The number of halogens is 1. The van der Waals surface area contributed by atoms with Crippen molar-refractivity contribution in [2.75, 3.05) is 31.6 Å². The Labute approximate surface area is 173 Å². The summed E-state index contributed by atoms with van der Waals surface area (Å²) in [5, 5.41) is 8.05. The second kappa shape index (κ2) is 8.50. The van der Waals surface area contributed by atoms with Crippen LogP contribution in [0.25, 0.3) is 0 Å². The predicted molar refractivity (Wildman–Crippen MR) is 111 cm³/mol. The van der Waals surface area contributed by atoms with Crippen molar-refractivity contribution >= 4 is 37.5 Å². The minimum Gasteiger partial charge on any atom is -0.496 e. The summed E-state index contributed by atoms with van der Waals surface area (Å²) in [5.41, 5.74) is 1.29. The van der Waals surface area contributed by atoms with Gasteiger partial charge >= 0.3 is 0 Å². The minimum absolute atomic E-state index is 0.125. The van der Waals surface area contributed by atoms with Gasteiger partial charge in [0.1, 0.15) is 5.75 Å². The molecule has 0 bridgehead atoms. The highest BCUT2D eigenvalue weighted by Crippen LogP contribution is 2.26. The third-order valence-corrected chi connectivity index (χ3v) is 6.16. The Hall–Kier alpha value is -2.10. The predicted octanol–water partition coefficient (Wildman–Crippen LogP) is 2.36. The second-order valence-corrected chi connectivity index (χ2v) is 9.17. The third kappa shape index (κ3) is 4.84. The Morgan fingerprint density at radius 3 is 2.79 bits per heavy atom. The average molecular weight is 468 g/mol. The van der Waals surface area contributed by atoms with Crippen LogP contribution in [-0.4, -0.2) is 41.1 Å². The molecule has 28 heavy (non-hydrogen) atoms. The van der Waals surface area contributed by atoms with Crippen molar-refractivity contribution in [3.05, 3.63) is 52.5 Å². The van der Waals surface area contributed by atoms with Gasteiger partial charge in [0.15, 0.2) is 0 Å². The molecule has 1 heterocycles. The number of carbonyl (C=O) groups excluding carboxylic acids is 1. The number of benzene rings is 2. The van der Waals surface area contributed by atoms with Crippen molar-refractivity contribution in [3.8, 4) is 5.75 Å². The van der Waals surface area contributed by atoms with Crippen molar-refractivity contribution in [2.24, 2.45) is 11.1 Å². The first-order valence-electron chi connectivity index (χ1n) is 8.77. The van der Waals surface area contributed by atoms with Gasteiger partial charge in [-0.2, -0.15) is 0 Å². The van der Waals surface area contributed by atoms with Crippen LogP contribution in [0.15, 0.2) is 51.8 Å². The van der Waals surface area contributed by atoms with Gasteiger partial charge in [0.2, 0.25) is 10.0 Å². The van der Waals surface area contributed by atoms with Gasteiger partial charge in [-0.05, 0) is 48.7 Å². The molecule has 1 atom stereocenters. The summed E-state index contributed by atoms with van der Waals surface area (Å²) in [4.78, 5) is 14.8. The van der Waals surface area contributed by atoms with E-state index in [1.807, 2.05) is 12.1 Å². The van der Waals surface area contributed by atoms with Crippen molar-refractivity contribution in [1.82, 2.24) is 5.32 Å². The lowest BCUT2D eigenvalue weighted by Gasteiger charge is -2.19. The van der Waals surface area contributed by atoms with Gasteiger partial charge in [0, 0.05) is 29.8 Å². The van der Waals surface area contributed by atoms with Crippen LogP contribution in [0.3, 0.4) is 0 Å². The van der Waals surface area contributed by atoms with Crippen LogP contribution in [0.2, 0.25) is 0 Å². The summed E-state index contributed by atoms with van der Waals surface area (Å²) in [7, 11) is -2.48. The molecule has 1 amide bonds. The number of nitrogens with one attached hydrogen (secondary N) is 1. The molecule has 2 aromatic carbocycles. The lowest BCUT2D eigenvalue weighted by Crippen LogP contribution is -2.31. The molecule has 1 unspecified atom stereocenters. The van der Waals surface area contributed by atoms with Crippen LogP contribution in [0.5, 0.6) is 5.75 Å². The standard InChI is InChI=1S/C19H22BrN3O4S/c1-27-18-6-5-16(28(21,25)26)10-17(18)19(24)22-11-13-7-8-23(12-13)15-4-2-3-14(20)9-15/h2-6,9-10,13H,7-8,11-12H2,1H3,(H,22,24)(H2,21,25,26). The molecule has 1 saturated heterocycles. The Morgan fingerprint density at radius 1 is 1.32 bits per heavy atom. The number of ether oxygens (including phenoxy) is 1. The number of methoxy groups -OCH3 is 1. The number of anilines is 1. The lowest BCUT2D eigenvalue weighted by molar-refractivity contribution is 0.0945. The molecule has 1 fully saturated rings. The van der Waals surface area contributed by atoms with Gasteiger partial charge in [-0.1, -0.05) is 22.0 Å². The van der Waals surface area contributed by atoms with E-state index >= 15 is 0 Å². The Morgan fingerprint density at radius 2 is 2.11 bits per heavy atom. The number of amides is 1. The molecule has 9 heteroatoms. The van der Waals surface area contributed by atoms with E-state index in [1.54, 1.807) is 0 Å². The fourth-order valence-electron chi connectivity index (χ4n) is 3.28. The molecule has 3 N–H and O–H groups in total. The number of nitrogens with two attached hydrogens (primary N) is 1. The van der Waals surface area contributed by atoms with E-state index in [1.165, 1.54) is 25.3 Å². The first kappa shape index (κ1) is 20.6. The number of carbonyl (C=O) groups is 1. The molecule has 3 rings (SSSR count). The number of sulfonamides is 1. The number of hydrogen-bond acceptors (Lipinski definition) is 5. The molecule has 2 aromatic rings. The fraction of sp³-hybridized carbons (Fsp3) is 0.316. The van der Waals surface area contributed by atoms with Crippen molar-refractivity contribution < 1.29 is 17.9 Å². The summed E-state index contributed by atoms with van der Waals surface area (Å²) in [6.07, 6.45) is 0.959. The third-order valence-electron chi connectivity index (χ3n) is 4.75. The van der Waals surface area contributed by atoms with E-state index in [0.29, 0.717) is 18.2 Å². The highest BCUT2D eigenvalue weighted by molar-refractivity contribution is 9.10. The smallest absolute Gasteiger partial charge is 0.255 e. The SMILES string of the molecule is COc1ccc(S(N)(=O)=O)cc1C(=O)NCC1CCN(c2cccc(Br)c2)C1. The zero-order chi connectivity index (χ0) is 20.3. The van der Waals surface area contributed by atoms with Crippen LogP contribution in [-0.2, 0) is 10.0 Å². The fourth-order valence-corrected chi connectivity index (χ4v) is 4.21. The van der Waals surface area contributed by atoms with Crippen LogP contribution in [0, 0.1) is 5.92 Å². The summed E-state index contributed by atoms with van der Waals surface area (Å²) in [6, 6.07) is 12.1. The van der Waals surface area contributed by atoms with E-state index in [2.05, 4.69) is 38.3 Å². The van der Waals surface area contributed by atoms with Crippen molar-refractivity contribution in [2.45, 2.75) is 11.3 Å². The lowest BCUT2D eigenvalue weighted by atomic mass is 10.1. The van der Waals surface area contributed by atoms with Crippen LogP contribution in [0.4, 0.5) is 5.69 Å². The van der Waals surface area contributed by atoms with Gasteiger partial charge in [-0.15, -0.1) is 0 Å². The van der Waals surface area contributed by atoms with Crippen molar-refractivity contribution in [1.29, 1.82) is 0 Å². The largest absolute Gasteiger partial charge is 0.496 e. The van der Waals surface area contributed by atoms with Gasteiger partial charge < -0.3 is 15.0 Å². The second-order valence-electron chi connectivity index (χ2n) is 6.70. The molecular weight excluding hydrogens is 446 g/mol. The highest BCUT2D eigenvalue weighted by atomic mass is 79.9. The summed E-state index contributed by atoms with van der Waals surface area (Å²) < 4.78 is 29.3. The Kier molecular flexibility index (Phi) is 6.26. The maximum Gasteiger partial charge on any atom is 0.255 e. The molecule has 0 aliphatic carbocycles. The molecule has 150 valence electrons. The maximum atomic E-state index is 12.6. The van der Waals surface area contributed by atoms with Gasteiger partial charge in [-0.25, -0.2) is 13.6 Å². The van der Waals surface area contributed by atoms with E-state index in [4.69, 9.17) is 9.88 Å². The molecule has 1 aliphatic heterocycles. The Balaban J connectivity index is 1.65. The van der Waals surface area contributed by atoms with Gasteiger partial charge in [0.05, 0.1) is 17.6 Å². The minimum atomic E-state index is -3.90. The van der Waals surface area contributed by atoms with Crippen molar-refractivity contribution in [3.63, 3.8) is 0 Å². The first-order valence-corrected chi connectivity index (χ1v) is 11.1. The van der Waals surface area contributed by atoms with Gasteiger partial charge in [-0.3, -0.25) is 4.79 Å². The maximum absolute atomic E-state index is 12.6. The number of hydrogen-bond donors (Lipinski definition) is 2. The van der Waals surface area contributed by atoms with E-state index in [-0.39, 0.29) is 16.4 Å². The molecule has 7 nitrogen and oxygen atoms in total. The summed E-state index contributed by atoms with van der Waals surface area (Å²) in [6.45, 7) is 2.25. The molecule has 0 saturated carbocycles. The highest BCUT2D eigenvalue weighted by Gasteiger charge is 2.24. The zero-order valence-electron chi connectivity index (χ0n) is 15.4. The van der Waals surface area contributed by atoms with E-state index in [9.17, 15) is 13.2 Å². The summed E-state index contributed by atoms with van der Waals surface area (Å²) in [5.74, 6) is 0.214. The molecule has 1 aliphatic rings. The summed E-state index contributed by atoms with van der Waals surface area (Å²) >= 11 is 3.49. The quantitative estimate of drug-likeness (QED) is 0.678. The first-order chi connectivity index (χ1) is 13.3. The van der Waals surface area contributed by atoms with Gasteiger partial charge in [0.25, 0.3) is 5.91 Å². The van der Waals surface area contributed by atoms with Crippen LogP contribution in [0.1, 0.15) is 16.8 Å². The van der Waals surface area contributed by atoms with E-state index in [0.717, 1.165) is 29.7 Å². The molecule has 0 aromatic heterocycles. The monoisotopic (exact) mass is 467 g/mol. The molecular formula is C19H22BrN3O4S. The van der Waals surface area contributed by atoms with Crippen LogP contribution >= 0.6 is 15.9 Å². The number of primary sulfonamides is 1. The normalized spacial score (nSPS) is 16.8. The topological polar surface area (TPSA) is 102 Å². The average Bonchev–Trinajstić information content (AvgIpc) is 3.14. The Bertz CT molecular complexity index is 981. The number of nitrogens with zero attached hydrogens (tertiary/aromatic N) is 1. The van der Waals surface area contributed by atoms with Crippen LogP contribution < -0.4 is 20.1 Å². The molecule has 0 radical (unpaired) electrons. The molecule has 0 spiro atoms. The zero-order valence-corrected chi connectivity index (χ0v) is 17.8. The van der Waals surface area contributed by atoms with E-state index < -0.39 is 10.0 Å². The number of rotatable bonds is 6.